The summed E-state index contributed by atoms with van der Waals surface area (Å²) in [4.78, 5) is 17.9. The molecule has 2 N–H and O–H groups in total. The molecule has 1 aromatic heterocycles. The lowest BCUT2D eigenvalue weighted by molar-refractivity contribution is -0.113. The third kappa shape index (κ3) is 3.79. The van der Waals surface area contributed by atoms with Crippen LogP contribution in [-0.4, -0.2) is 49.1 Å². The fraction of sp³-hybridized carbons (Fsp3) is 0.261. The minimum absolute atomic E-state index is 0.326. The highest BCUT2D eigenvalue weighted by atomic mass is 16.5. The monoisotopic (exact) mass is 451 g/mol. The molecular formula is C23H25N5O5. The fourth-order valence-electron chi connectivity index (χ4n) is 3.95. The maximum atomic E-state index is 13.6. The Morgan fingerprint density at radius 2 is 1.70 bits per heavy atom. The number of methoxy groups -OCH3 is 4. The van der Waals surface area contributed by atoms with Gasteiger partial charge < -0.3 is 29.6 Å². The number of hydrogen-bond donors (Lipinski definition) is 2. The van der Waals surface area contributed by atoms with E-state index in [1.807, 2.05) is 25.1 Å². The van der Waals surface area contributed by atoms with Crippen molar-refractivity contribution >= 4 is 17.5 Å². The number of carbonyl (C=O) groups is 1. The number of nitrogens with zero attached hydrogens (tertiary/aromatic N) is 3. The molecule has 172 valence electrons. The SMILES string of the molecule is COc1ccccc1NC(=O)C1=C(C)Nc2ncnn2[C@H]1c1ccc(OC)c(OC)c1OC. The van der Waals surface area contributed by atoms with Crippen LogP contribution in [0.4, 0.5) is 11.6 Å². The minimum Gasteiger partial charge on any atom is -0.495 e. The quantitative estimate of drug-likeness (QED) is 0.564. The summed E-state index contributed by atoms with van der Waals surface area (Å²) in [6.45, 7) is 1.82. The van der Waals surface area contributed by atoms with Crippen LogP contribution < -0.4 is 29.6 Å². The predicted octanol–water partition coefficient (Wildman–Crippen LogP) is 3.24. The van der Waals surface area contributed by atoms with Crippen molar-refractivity contribution in [2.45, 2.75) is 13.0 Å². The van der Waals surface area contributed by atoms with Crippen LogP contribution in [0.3, 0.4) is 0 Å². The van der Waals surface area contributed by atoms with Crippen molar-refractivity contribution in [2.24, 2.45) is 0 Å². The van der Waals surface area contributed by atoms with Gasteiger partial charge >= 0.3 is 0 Å². The Hall–Kier alpha value is -4.21. The minimum atomic E-state index is -0.645. The molecule has 0 aliphatic carbocycles. The van der Waals surface area contributed by atoms with Gasteiger partial charge in [0.2, 0.25) is 11.7 Å². The second-order valence-corrected chi connectivity index (χ2v) is 7.17. The molecule has 0 unspecified atom stereocenters. The number of benzene rings is 2. The molecular weight excluding hydrogens is 426 g/mol. The van der Waals surface area contributed by atoms with E-state index in [2.05, 4.69) is 20.7 Å². The maximum absolute atomic E-state index is 13.6. The van der Waals surface area contributed by atoms with E-state index in [4.69, 9.17) is 18.9 Å². The van der Waals surface area contributed by atoms with Gasteiger partial charge in [-0.1, -0.05) is 12.1 Å². The normalized spacial score (nSPS) is 14.8. The summed E-state index contributed by atoms with van der Waals surface area (Å²) in [5.41, 5.74) is 2.27. The zero-order valence-corrected chi connectivity index (χ0v) is 19.0. The lowest BCUT2D eigenvalue weighted by Gasteiger charge is -2.30. The molecule has 0 fully saturated rings. The third-order valence-electron chi connectivity index (χ3n) is 5.42. The first-order valence-electron chi connectivity index (χ1n) is 10.1. The van der Waals surface area contributed by atoms with E-state index in [9.17, 15) is 4.79 Å². The number of carbonyl (C=O) groups excluding carboxylic acids is 1. The Bertz CT molecular complexity index is 1220. The van der Waals surface area contributed by atoms with Crippen molar-refractivity contribution in [2.75, 3.05) is 39.1 Å². The number of rotatable bonds is 7. The number of amides is 1. The van der Waals surface area contributed by atoms with E-state index >= 15 is 0 Å². The number of aromatic nitrogens is 3. The maximum Gasteiger partial charge on any atom is 0.255 e. The molecule has 2 heterocycles. The molecule has 1 aliphatic rings. The molecule has 0 spiro atoms. The molecule has 2 aromatic carbocycles. The number of hydrogen-bond acceptors (Lipinski definition) is 8. The summed E-state index contributed by atoms with van der Waals surface area (Å²) in [6.07, 6.45) is 1.43. The highest BCUT2D eigenvalue weighted by Crippen LogP contribution is 2.46. The van der Waals surface area contributed by atoms with Gasteiger partial charge in [0.25, 0.3) is 5.91 Å². The first-order valence-corrected chi connectivity index (χ1v) is 10.1. The summed E-state index contributed by atoms with van der Waals surface area (Å²) in [6, 6.07) is 10.2. The lowest BCUT2D eigenvalue weighted by atomic mass is 9.93. The number of para-hydroxylation sites is 2. The summed E-state index contributed by atoms with van der Waals surface area (Å²) in [7, 11) is 6.17. The van der Waals surface area contributed by atoms with Crippen LogP contribution in [0.5, 0.6) is 23.0 Å². The Morgan fingerprint density at radius 1 is 0.970 bits per heavy atom. The van der Waals surface area contributed by atoms with E-state index in [-0.39, 0.29) is 5.91 Å². The van der Waals surface area contributed by atoms with E-state index < -0.39 is 6.04 Å². The Labute approximate surface area is 191 Å². The van der Waals surface area contributed by atoms with Gasteiger partial charge in [0.05, 0.1) is 39.7 Å². The smallest absolute Gasteiger partial charge is 0.255 e. The van der Waals surface area contributed by atoms with E-state index in [0.29, 0.717) is 51.5 Å². The number of allylic oxidation sites excluding steroid dienone is 1. The lowest BCUT2D eigenvalue weighted by Crippen LogP contribution is -2.32. The molecule has 10 nitrogen and oxygen atoms in total. The first-order chi connectivity index (χ1) is 16.0. The summed E-state index contributed by atoms with van der Waals surface area (Å²) in [5, 5.41) is 10.5. The van der Waals surface area contributed by atoms with Gasteiger partial charge in [-0.25, -0.2) is 4.68 Å². The van der Waals surface area contributed by atoms with Gasteiger partial charge in [0.1, 0.15) is 18.1 Å². The van der Waals surface area contributed by atoms with Crippen LogP contribution in [0, 0.1) is 0 Å². The average molecular weight is 451 g/mol. The van der Waals surface area contributed by atoms with Crippen LogP contribution in [0.2, 0.25) is 0 Å². The summed E-state index contributed by atoms with van der Waals surface area (Å²) < 4.78 is 23.7. The zero-order chi connectivity index (χ0) is 23.5. The molecule has 4 rings (SSSR count). The van der Waals surface area contributed by atoms with Crippen LogP contribution in [-0.2, 0) is 4.79 Å². The number of fused-ring (bicyclic) bond motifs is 1. The Kier molecular flexibility index (Phi) is 6.07. The Morgan fingerprint density at radius 3 is 2.39 bits per heavy atom. The zero-order valence-electron chi connectivity index (χ0n) is 19.0. The number of nitrogens with one attached hydrogen (secondary N) is 2. The molecule has 33 heavy (non-hydrogen) atoms. The second kappa shape index (κ2) is 9.11. The topological polar surface area (TPSA) is 109 Å². The predicted molar refractivity (Wildman–Crippen MR) is 122 cm³/mol. The van der Waals surface area contributed by atoms with Gasteiger partial charge in [0, 0.05) is 11.3 Å². The Balaban J connectivity index is 1.86. The van der Waals surface area contributed by atoms with Crippen molar-refractivity contribution in [3.63, 3.8) is 0 Å². The highest BCUT2D eigenvalue weighted by molar-refractivity contribution is 6.06. The van der Waals surface area contributed by atoms with Crippen LogP contribution >= 0.6 is 0 Å². The molecule has 10 heteroatoms. The van der Waals surface area contributed by atoms with Crippen molar-refractivity contribution in [3.8, 4) is 23.0 Å². The van der Waals surface area contributed by atoms with E-state index in [1.165, 1.54) is 20.5 Å². The van der Waals surface area contributed by atoms with Gasteiger partial charge in [-0.05, 0) is 31.2 Å². The molecule has 1 atom stereocenters. The molecule has 3 aromatic rings. The van der Waals surface area contributed by atoms with Crippen molar-refractivity contribution in [1.82, 2.24) is 14.8 Å². The highest BCUT2D eigenvalue weighted by Gasteiger charge is 2.36. The second-order valence-electron chi connectivity index (χ2n) is 7.17. The van der Waals surface area contributed by atoms with Gasteiger partial charge in [0.15, 0.2) is 11.5 Å². The van der Waals surface area contributed by atoms with Crippen LogP contribution in [0.1, 0.15) is 18.5 Å². The van der Waals surface area contributed by atoms with Gasteiger partial charge in [-0.3, -0.25) is 4.79 Å². The molecule has 0 radical (unpaired) electrons. The summed E-state index contributed by atoms with van der Waals surface area (Å²) in [5.74, 6) is 2.08. The van der Waals surface area contributed by atoms with Crippen molar-refractivity contribution < 1.29 is 23.7 Å². The number of ether oxygens (including phenoxy) is 4. The average Bonchev–Trinajstić information content (AvgIpc) is 3.30. The summed E-state index contributed by atoms with van der Waals surface area (Å²) >= 11 is 0. The molecule has 0 saturated heterocycles. The van der Waals surface area contributed by atoms with Crippen molar-refractivity contribution in [1.29, 1.82) is 0 Å². The molecule has 1 amide bonds. The van der Waals surface area contributed by atoms with E-state index in [0.717, 1.165) is 0 Å². The van der Waals surface area contributed by atoms with Crippen molar-refractivity contribution in [3.05, 3.63) is 59.6 Å². The standard InChI is InChI=1S/C23H25N5O5/c1-13-18(22(29)27-15-8-6-7-9-16(15)30-2)19(28-23(26-13)24-12-25-28)14-10-11-17(31-3)21(33-5)20(14)32-4/h6-12,19H,1-5H3,(H,27,29)(H,24,25,26)/t19-/m0/s1. The first kappa shape index (κ1) is 22.0. The van der Waals surface area contributed by atoms with Gasteiger partial charge in [-0.15, -0.1) is 0 Å². The van der Waals surface area contributed by atoms with Crippen LogP contribution in [0.15, 0.2) is 54.0 Å². The largest absolute Gasteiger partial charge is 0.495 e. The van der Waals surface area contributed by atoms with Crippen LogP contribution in [0.25, 0.3) is 0 Å². The van der Waals surface area contributed by atoms with E-state index in [1.54, 1.807) is 37.1 Å². The molecule has 0 saturated carbocycles. The number of anilines is 2. The molecule has 0 bridgehead atoms. The molecule has 1 aliphatic heterocycles. The van der Waals surface area contributed by atoms with Gasteiger partial charge in [-0.2, -0.15) is 10.1 Å². The third-order valence-corrected chi connectivity index (χ3v) is 5.42. The fourth-order valence-corrected chi connectivity index (χ4v) is 3.95.